The molecule has 25 heavy (non-hydrogen) atoms. The van der Waals surface area contributed by atoms with Gasteiger partial charge in [0.05, 0.1) is 24.4 Å². The van der Waals surface area contributed by atoms with Crippen LogP contribution in [0.2, 0.25) is 0 Å². The van der Waals surface area contributed by atoms with Crippen LogP contribution in [0.3, 0.4) is 0 Å². The Kier molecular flexibility index (Phi) is 5.65. The lowest BCUT2D eigenvalue weighted by molar-refractivity contribution is -0.141. The quantitative estimate of drug-likeness (QED) is 0.751. The molecule has 2 saturated heterocycles. The van der Waals surface area contributed by atoms with Gasteiger partial charge in [-0.05, 0) is 32.1 Å². The van der Waals surface area contributed by atoms with Gasteiger partial charge >= 0.3 is 5.97 Å². The number of carbonyl (C=O) groups excluding carboxylic acids is 1. The summed E-state index contributed by atoms with van der Waals surface area (Å²) in [5, 5.41) is 8.53. The third kappa shape index (κ3) is 3.98. The van der Waals surface area contributed by atoms with Gasteiger partial charge in [0.15, 0.2) is 0 Å². The number of aliphatic carboxylic acids is 1. The average Bonchev–Trinajstić information content (AvgIpc) is 3.12. The first-order chi connectivity index (χ1) is 11.9. The highest BCUT2D eigenvalue weighted by molar-refractivity contribution is 7.89. The number of nitrogens with zero attached hydrogens (tertiary/aromatic N) is 2. The van der Waals surface area contributed by atoms with Crippen molar-refractivity contribution in [2.75, 3.05) is 39.4 Å². The molecule has 3 atom stereocenters. The van der Waals surface area contributed by atoms with Crippen molar-refractivity contribution in [1.29, 1.82) is 0 Å². The molecular formula is C16H26N2O6S. The molecule has 1 N–H and O–H groups in total. The van der Waals surface area contributed by atoms with E-state index in [0.29, 0.717) is 65.0 Å². The van der Waals surface area contributed by atoms with Gasteiger partial charge in [0, 0.05) is 32.1 Å². The second kappa shape index (κ2) is 7.59. The third-order valence-corrected chi connectivity index (χ3v) is 7.88. The predicted octanol–water partition coefficient (Wildman–Crippen LogP) is 0.140. The van der Waals surface area contributed by atoms with E-state index in [-0.39, 0.29) is 18.4 Å². The molecule has 1 amide bonds. The maximum Gasteiger partial charge on any atom is 0.306 e. The molecule has 8 nitrogen and oxygen atoms in total. The maximum absolute atomic E-state index is 12.8. The van der Waals surface area contributed by atoms with E-state index in [1.165, 1.54) is 4.31 Å². The van der Waals surface area contributed by atoms with Crippen molar-refractivity contribution < 1.29 is 27.9 Å². The summed E-state index contributed by atoms with van der Waals surface area (Å²) >= 11 is 0. The topological polar surface area (TPSA) is 104 Å². The molecule has 1 saturated carbocycles. The average molecular weight is 374 g/mol. The van der Waals surface area contributed by atoms with Gasteiger partial charge in [0.25, 0.3) is 0 Å². The molecule has 3 rings (SSSR count). The second-order valence-corrected chi connectivity index (χ2v) is 9.36. The smallest absolute Gasteiger partial charge is 0.306 e. The van der Waals surface area contributed by atoms with Crippen LogP contribution in [-0.2, 0) is 24.3 Å². The Hall–Kier alpha value is -1.19. The largest absolute Gasteiger partial charge is 0.481 e. The van der Waals surface area contributed by atoms with E-state index in [4.69, 9.17) is 9.84 Å². The summed E-state index contributed by atoms with van der Waals surface area (Å²) in [6, 6.07) is 0. The van der Waals surface area contributed by atoms with Crippen LogP contribution >= 0.6 is 0 Å². The van der Waals surface area contributed by atoms with E-state index < -0.39 is 27.2 Å². The second-order valence-electron chi connectivity index (χ2n) is 7.15. The minimum absolute atomic E-state index is 0.0781. The van der Waals surface area contributed by atoms with E-state index in [9.17, 15) is 18.0 Å². The molecule has 0 aromatic carbocycles. The number of rotatable bonds is 4. The normalized spacial score (nSPS) is 31.8. The van der Waals surface area contributed by atoms with Crippen LogP contribution in [-0.4, -0.2) is 79.2 Å². The molecule has 142 valence electrons. The lowest BCUT2D eigenvalue weighted by Gasteiger charge is -2.37. The van der Waals surface area contributed by atoms with Crippen molar-refractivity contribution in [3.8, 4) is 0 Å². The number of likely N-dealkylation sites (tertiary alicyclic amines) is 1. The summed E-state index contributed by atoms with van der Waals surface area (Å²) in [5.41, 5.74) is 0. The SMILES string of the molecule is O=C(O)[C@@H]1CC[C@H](C(=O)N2CCCC(S(=O)(=O)N3CCOCC3)C2)C1. The first-order valence-electron chi connectivity index (χ1n) is 8.98. The molecule has 1 aliphatic carbocycles. The molecule has 2 aliphatic heterocycles. The van der Waals surface area contributed by atoms with Gasteiger partial charge < -0.3 is 14.7 Å². The van der Waals surface area contributed by atoms with Crippen LogP contribution in [0.4, 0.5) is 0 Å². The molecule has 0 spiro atoms. The molecule has 1 unspecified atom stereocenters. The van der Waals surface area contributed by atoms with Crippen LogP contribution in [0.15, 0.2) is 0 Å². The molecule has 3 fully saturated rings. The Balaban J connectivity index is 1.63. The van der Waals surface area contributed by atoms with Crippen LogP contribution in [0.5, 0.6) is 0 Å². The molecule has 9 heteroatoms. The fraction of sp³-hybridized carbons (Fsp3) is 0.875. The van der Waals surface area contributed by atoms with Gasteiger partial charge in [-0.1, -0.05) is 0 Å². The Bertz CT molecular complexity index is 616. The summed E-state index contributed by atoms with van der Waals surface area (Å²) < 4.78 is 32.3. The third-order valence-electron chi connectivity index (χ3n) is 5.57. The number of ether oxygens (including phenoxy) is 1. The number of amides is 1. The summed E-state index contributed by atoms with van der Waals surface area (Å²) in [6.07, 6.45) is 2.69. The van der Waals surface area contributed by atoms with E-state index in [1.807, 2.05) is 0 Å². The highest BCUT2D eigenvalue weighted by Crippen LogP contribution is 2.33. The number of carboxylic acids is 1. The van der Waals surface area contributed by atoms with Crippen LogP contribution in [0.1, 0.15) is 32.1 Å². The minimum Gasteiger partial charge on any atom is -0.481 e. The first-order valence-corrected chi connectivity index (χ1v) is 10.5. The van der Waals surface area contributed by atoms with Gasteiger partial charge in [-0.3, -0.25) is 9.59 Å². The number of hydrogen-bond acceptors (Lipinski definition) is 5. The van der Waals surface area contributed by atoms with E-state index in [0.717, 1.165) is 0 Å². The first kappa shape index (κ1) is 18.6. The fourth-order valence-electron chi connectivity index (χ4n) is 4.08. The molecule has 0 aromatic heterocycles. The van der Waals surface area contributed by atoms with Crippen LogP contribution < -0.4 is 0 Å². The van der Waals surface area contributed by atoms with E-state index in [2.05, 4.69) is 0 Å². The number of morpholine rings is 1. The highest BCUT2D eigenvalue weighted by Gasteiger charge is 2.40. The van der Waals surface area contributed by atoms with Crippen LogP contribution in [0, 0.1) is 11.8 Å². The Morgan fingerprint density at radius 1 is 1.00 bits per heavy atom. The zero-order valence-electron chi connectivity index (χ0n) is 14.3. The molecule has 0 aromatic rings. The fourth-order valence-corrected chi connectivity index (χ4v) is 5.99. The van der Waals surface area contributed by atoms with Crippen molar-refractivity contribution in [1.82, 2.24) is 9.21 Å². The van der Waals surface area contributed by atoms with E-state index >= 15 is 0 Å². The van der Waals surface area contributed by atoms with E-state index in [1.54, 1.807) is 4.90 Å². The summed E-state index contributed by atoms with van der Waals surface area (Å²) in [7, 11) is -3.43. The van der Waals surface area contributed by atoms with Crippen molar-refractivity contribution in [2.24, 2.45) is 11.8 Å². The lowest BCUT2D eigenvalue weighted by Crippen LogP contribution is -2.52. The summed E-state index contributed by atoms with van der Waals surface area (Å²) in [5.74, 6) is -1.66. The number of piperidine rings is 1. The van der Waals surface area contributed by atoms with Gasteiger partial charge in [0.1, 0.15) is 0 Å². The van der Waals surface area contributed by atoms with Crippen molar-refractivity contribution >= 4 is 21.9 Å². The zero-order chi connectivity index (χ0) is 18.0. The Morgan fingerprint density at radius 2 is 1.68 bits per heavy atom. The van der Waals surface area contributed by atoms with Gasteiger partial charge in [-0.25, -0.2) is 8.42 Å². The zero-order valence-corrected chi connectivity index (χ0v) is 15.1. The van der Waals surface area contributed by atoms with Crippen molar-refractivity contribution in [2.45, 2.75) is 37.4 Å². The molecule has 0 bridgehead atoms. The molecule has 0 radical (unpaired) electrons. The summed E-state index contributed by atoms with van der Waals surface area (Å²) in [4.78, 5) is 25.4. The van der Waals surface area contributed by atoms with Crippen molar-refractivity contribution in [3.63, 3.8) is 0 Å². The standard InChI is InChI=1S/C16H26N2O6S/c19-15(12-3-4-13(10-12)16(20)21)17-5-1-2-14(11-17)25(22,23)18-6-8-24-9-7-18/h12-14H,1-11H2,(H,20,21)/t12-,13+,14?/m0/s1. The Labute approximate surface area is 148 Å². The lowest BCUT2D eigenvalue weighted by atomic mass is 10.0. The number of carbonyl (C=O) groups is 2. The number of carboxylic acid groups (broad SMARTS) is 1. The molecular weight excluding hydrogens is 348 g/mol. The monoisotopic (exact) mass is 374 g/mol. The molecule has 3 aliphatic rings. The molecule has 2 heterocycles. The Morgan fingerprint density at radius 3 is 2.32 bits per heavy atom. The summed E-state index contributed by atoms with van der Waals surface area (Å²) in [6.45, 7) is 2.33. The minimum atomic E-state index is -3.43. The van der Waals surface area contributed by atoms with Crippen LogP contribution in [0.25, 0.3) is 0 Å². The maximum atomic E-state index is 12.8. The predicted molar refractivity (Wildman–Crippen MR) is 89.4 cm³/mol. The van der Waals surface area contributed by atoms with Gasteiger partial charge in [0.2, 0.25) is 15.9 Å². The number of sulfonamides is 1. The van der Waals surface area contributed by atoms with Gasteiger partial charge in [-0.2, -0.15) is 4.31 Å². The number of hydrogen-bond donors (Lipinski definition) is 1. The highest BCUT2D eigenvalue weighted by atomic mass is 32.2. The van der Waals surface area contributed by atoms with Gasteiger partial charge in [-0.15, -0.1) is 0 Å². The van der Waals surface area contributed by atoms with Crippen molar-refractivity contribution in [3.05, 3.63) is 0 Å².